The molecule has 1 heterocycles. The van der Waals surface area contributed by atoms with Gasteiger partial charge in [0, 0.05) is 12.6 Å². The molecule has 0 aromatic heterocycles. The van der Waals surface area contributed by atoms with Gasteiger partial charge in [0.2, 0.25) is 10.0 Å². The molecule has 1 N–H and O–H groups in total. The fourth-order valence-electron chi connectivity index (χ4n) is 2.98. The van der Waals surface area contributed by atoms with Crippen molar-refractivity contribution in [2.45, 2.75) is 37.1 Å². The number of esters is 1. The molecule has 1 aromatic carbocycles. The molecule has 9 heteroatoms. The van der Waals surface area contributed by atoms with Gasteiger partial charge in [0.25, 0.3) is 5.91 Å². The molecule has 2 rings (SSSR count). The number of carbonyl (C=O) groups excluding carboxylic acids is 2. The van der Waals surface area contributed by atoms with E-state index >= 15 is 0 Å². The average molecular weight is 408 g/mol. The SMILES string of the molecule is C#CCNC(=O)COC(=O)c1ccc(OC)c(S(=O)(=O)N2CCCC[C@@H]2C)c1. The molecule has 1 aromatic rings. The monoisotopic (exact) mass is 408 g/mol. The summed E-state index contributed by atoms with van der Waals surface area (Å²) in [6, 6.07) is 3.87. The number of methoxy groups -OCH3 is 1. The largest absolute Gasteiger partial charge is 0.495 e. The lowest BCUT2D eigenvalue weighted by Crippen LogP contribution is -2.42. The summed E-state index contributed by atoms with van der Waals surface area (Å²) < 4.78 is 37.8. The van der Waals surface area contributed by atoms with Crippen LogP contribution in [0.2, 0.25) is 0 Å². The molecule has 1 atom stereocenters. The zero-order chi connectivity index (χ0) is 20.7. The number of nitrogens with zero attached hydrogens (tertiary/aromatic N) is 1. The molecule has 0 aliphatic carbocycles. The highest BCUT2D eigenvalue weighted by Crippen LogP contribution is 2.31. The number of carbonyl (C=O) groups is 2. The Hall–Kier alpha value is -2.57. The molecule has 0 spiro atoms. The van der Waals surface area contributed by atoms with Gasteiger partial charge in [0.15, 0.2) is 6.61 Å². The van der Waals surface area contributed by atoms with Crippen LogP contribution in [-0.2, 0) is 19.6 Å². The first-order chi connectivity index (χ1) is 13.3. The molecule has 1 aliphatic rings. The fourth-order valence-corrected chi connectivity index (χ4v) is 4.86. The van der Waals surface area contributed by atoms with Crippen molar-refractivity contribution in [1.29, 1.82) is 0 Å². The van der Waals surface area contributed by atoms with Gasteiger partial charge in [-0.05, 0) is 38.0 Å². The van der Waals surface area contributed by atoms with Crippen LogP contribution in [0.5, 0.6) is 5.75 Å². The molecule has 1 saturated heterocycles. The van der Waals surface area contributed by atoms with Crippen LogP contribution in [0.4, 0.5) is 0 Å². The molecular formula is C19H24N2O6S. The molecule has 28 heavy (non-hydrogen) atoms. The Morgan fingerprint density at radius 1 is 1.36 bits per heavy atom. The van der Waals surface area contributed by atoms with Crippen molar-refractivity contribution in [3.63, 3.8) is 0 Å². The Kier molecular flexibility index (Phi) is 7.43. The molecule has 0 unspecified atom stereocenters. The third kappa shape index (κ3) is 5.03. The molecule has 1 fully saturated rings. The Bertz CT molecular complexity index is 875. The summed E-state index contributed by atoms with van der Waals surface area (Å²) in [5.74, 6) is 1.01. The number of hydrogen-bond donors (Lipinski definition) is 1. The van der Waals surface area contributed by atoms with Crippen molar-refractivity contribution in [2.24, 2.45) is 0 Å². The van der Waals surface area contributed by atoms with Gasteiger partial charge in [-0.3, -0.25) is 4.79 Å². The van der Waals surface area contributed by atoms with Gasteiger partial charge in [-0.1, -0.05) is 12.3 Å². The number of terminal acetylenes is 1. The minimum absolute atomic E-state index is 0.00814. The quantitative estimate of drug-likeness (QED) is 0.537. The second kappa shape index (κ2) is 9.57. The predicted octanol–water partition coefficient (Wildman–Crippen LogP) is 1.16. The van der Waals surface area contributed by atoms with E-state index in [2.05, 4.69) is 11.2 Å². The van der Waals surface area contributed by atoms with Gasteiger partial charge in [0.05, 0.1) is 19.2 Å². The minimum Gasteiger partial charge on any atom is -0.495 e. The topological polar surface area (TPSA) is 102 Å². The van der Waals surface area contributed by atoms with Crippen LogP contribution in [0.3, 0.4) is 0 Å². The zero-order valence-corrected chi connectivity index (χ0v) is 16.8. The van der Waals surface area contributed by atoms with E-state index in [9.17, 15) is 18.0 Å². The summed E-state index contributed by atoms with van der Waals surface area (Å²) in [6.45, 7) is 1.78. The number of sulfonamides is 1. The smallest absolute Gasteiger partial charge is 0.338 e. The van der Waals surface area contributed by atoms with E-state index in [1.807, 2.05) is 6.92 Å². The van der Waals surface area contributed by atoms with Crippen LogP contribution < -0.4 is 10.1 Å². The van der Waals surface area contributed by atoms with Crippen molar-refractivity contribution in [2.75, 3.05) is 26.8 Å². The van der Waals surface area contributed by atoms with Crippen LogP contribution in [-0.4, -0.2) is 57.4 Å². The highest BCUT2D eigenvalue weighted by molar-refractivity contribution is 7.89. The molecule has 0 bridgehead atoms. The number of benzene rings is 1. The van der Waals surface area contributed by atoms with Gasteiger partial charge >= 0.3 is 5.97 Å². The second-order valence-corrected chi connectivity index (χ2v) is 8.24. The maximum atomic E-state index is 13.1. The van der Waals surface area contributed by atoms with Crippen LogP contribution >= 0.6 is 0 Å². The third-order valence-corrected chi connectivity index (χ3v) is 6.48. The second-order valence-electron chi connectivity index (χ2n) is 6.38. The van der Waals surface area contributed by atoms with Crippen LogP contribution in [0.15, 0.2) is 23.1 Å². The predicted molar refractivity (Wildman–Crippen MR) is 102 cm³/mol. The van der Waals surface area contributed by atoms with Crippen LogP contribution in [0, 0.1) is 12.3 Å². The van der Waals surface area contributed by atoms with E-state index in [0.29, 0.717) is 6.54 Å². The number of ether oxygens (including phenoxy) is 2. The molecule has 152 valence electrons. The standard InChI is InChI=1S/C19H24N2O6S/c1-4-10-20-18(22)13-27-19(23)15-8-9-16(26-3)17(12-15)28(24,25)21-11-6-5-7-14(21)2/h1,8-9,12,14H,5-7,10-11,13H2,2-3H3,(H,20,22)/t14-/m0/s1. The summed E-state index contributed by atoms with van der Waals surface area (Å²) in [4.78, 5) is 23.6. The number of rotatable bonds is 7. The van der Waals surface area contributed by atoms with Gasteiger partial charge in [-0.2, -0.15) is 4.31 Å². The van der Waals surface area contributed by atoms with Crippen molar-refractivity contribution < 1.29 is 27.5 Å². The van der Waals surface area contributed by atoms with E-state index in [4.69, 9.17) is 15.9 Å². The summed E-state index contributed by atoms with van der Waals surface area (Å²) >= 11 is 0. The Morgan fingerprint density at radius 2 is 2.11 bits per heavy atom. The number of nitrogens with one attached hydrogen (secondary N) is 1. The molecule has 1 amide bonds. The first-order valence-electron chi connectivity index (χ1n) is 8.88. The van der Waals surface area contributed by atoms with E-state index in [0.717, 1.165) is 19.3 Å². The highest BCUT2D eigenvalue weighted by Gasteiger charge is 2.33. The average Bonchev–Trinajstić information content (AvgIpc) is 2.70. The maximum Gasteiger partial charge on any atom is 0.338 e. The maximum absolute atomic E-state index is 13.1. The number of amides is 1. The van der Waals surface area contributed by atoms with Crippen molar-refractivity contribution in [3.05, 3.63) is 23.8 Å². The molecule has 0 saturated carbocycles. The lowest BCUT2D eigenvalue weighted by atomic mass is 10.1. The van der Waals surface area contributed by atoms with Crippen LogP contribution in [0.1, 0.15) is 36.5 Å². The molecule has 8 nitrogen and oxygen atoms in total. The first-order valence-corrected chi connectivity index (χ1v) is 10.3. The Labute approximate surface area is 165 Å². The summed E-state index contributed by atoms with van der Waals surface area (Å²) in [5.41, 5.74) is 0.00814. The van der Waals surface area contributed by atoms with E-state index in [1.54, 1.807) is 0 Å². The zero-order valence-electron chi connectivity index (χ0n) is 15.9. The van der Waals surface area contributed by atoms with E-state index in [1.165, 1.54) is 29.6 Å². The van der Waals surface area contributed by atoms with E-state index < -0.39 is 28.5 Å². The third-order valence-electron chi connectivity index (χ3n) is 4.45. The van der Waals surface area contributed by atoms with Crippen molar-refractivity contribution in [1.82, 2.24) is 9.62 Å². The van der Waals surface area contributed by atoms with Gasteiger partial charge < -0.3 is 14.8 Å². The lowest BCUT2D eigenvalue weighted by Gasteiger charge is -2.32. The Morgan fingerprint density at radius 3 is 2.75 bits per heavy atom. The number of piperidine rings is 1. The van der Waals surface area contributed by atoms with Gasteiger partial charge in [-0.15, -0.1) is 6.42 Å². The molecule has 0 radical (unpaired) electrons. The normalized spacial score (nSPS) is 17.4. The highest BCUT2D eigenvalue weighted by atomic mass is 32.2. The summed E-state index contributed by atoms with van der Waals surface area (Å²) in [6.07, 6.45) is 7.56. The van der Waals surface area contributed by atoms with E-state index in [-0.39, 0.29) is 28.8 Å². The number of hydrogen-bond acceptors (Lipinski definition) is 6. The van der Waals surface area contributed by atoms with Gasteiger partial charge in [0.1, 0.15) is 10.6 Å². The first kappa shape index (κ1) is 21.7. The van der Waals surface area contributed by atoms with Gasteiger partial charge in [-0.25, -0.2) is 13.2 Å². The molecule has 1 aliphatic heterocycles. The van der Waals surface area contributed by atoms with Crippen molar-refractivity contribution >= 4 is 21.9 Å². The fraction of sp³-hybridized carbons (Fsp3) is 0.474. The molecular weight excluding hydrogens is 384 g/mol. The lowest BCUT2D eigenvalue weighted by molar-refractivity contribution is -0.123. The summed E-state index contributed by atoms with van der Waals surface area (Å²) in [7, 11) is -2.49. The summed E-state index contributed by atoms with van der Waals surface area (Å²) in [5, 5.41) is 2.37. The Balaban J connectivity index is 2.25. The van der Waals surface area contributed by atoms with Crippen molar-refractivity contribution in [3.8, 4) is 18.1 Å². The van der Waals surface area contributed by atoms with Crippen LogP contribution in [0.25, 0.3) is 0 Å². The minimum atomic E-state index is -3.85.